The molecule has 0 saturated carbocycles. The van der Waals surface area contributed by atoms with Gasteiger partial charge in [0.2, 0.25) is 0 Å². The normalized spacial score (nSPS) is 14.6. The summed E-state index contributed by atoms with van der Waals surface area (Å²) in [6.07, 6.45) is 4.58. The molecule has 21 heavy (non-hydrogen) atoms. The Bertz CT molecular complexity index is 858. The number of halogens is 1. The summed E-state index contributed by atoms with van der Waals surface area (Å²) in [5.74, 6) is 1.07. The number of aryl methyl sites for hydroxylation is 1. The second-order valence-corrected chi connectivity index (χ2v) is 6.89. The average molecular weight is 320 g/mol. The molecule has 3 aromatic rings. The molecule has 0 saturated heterocycles. The van der Waals surface area contributed by atoms with E-state index in [1.165, 1.54) is 24.0 Å². The van der Waals surface area contributed by atoms with Gasteiger partial charge in [0.25, 0.3) is 0 Å². The molecular formula is C14H14ClN5S. The molecule has 0 fully saturated rings. The van der Waals surface area contributed by atoms with E-state index in [-0.39, 0.29) is 0 Å². The Morgan fingerprint density at radius 3 is 2.62 bits per heavy atom. The number of anilines is 1. The highest BCUT2D eigenvalue weighted by Crippen LogP contribution is 2.41. The second kappa shape index (κ2) is 4.74. The fraction of sp³-hybridized carbons (Fsp3) is 0.429. The predicted molar refractivity (Wildman–Crippen MR) is 86.5 cm³/mol. The third-order valence-corrected chi connectivity index (χ3v) is 5.46. The zero-order chi connectivity index (χ0) is 14.6. The summed E-state index contributed by atoms with van der Waals surface area (Å²) in [7, 11) is 4.09. The van der Waals surface area contributed by atoms with Gasteiger partial charge in [0, 0.05) is 19.5 Å². The summed E-state index contributed by atoms with van der Waals surface area (Å²) in [6.45, 7) is 0. The van der Waals surface area contributed by atoms with Crippen molar-refractivity contribution in [2.24, 2.45) is 0 Å². The lowest BCUT2D eigenvalue weighted by Gasteiger charge is -2.23. The van der Waals surface area contributed by atoms with E-state index in [4.69, 9.17) is 16.6 Å². The molecule has 5 nitrogen and oxygen atoms in total. The first kappa shape index (κ1) is 13.2. The molecule has 1 aliphatic rings. The van der Waals surface area contributed by atoms with Gasteiger partial charge in [0.15, 0.2) is 5.15 Å². The Kier molecular flexibility index (Phi) is 2.97. The molecule has 3 aromatic heterocycles. The van der Waals surface area contributed by atoms with Crippen LogP contribution in [-0.2, 0) is 12.8 Å². The van der Waals surface area contributed by atoms with Gasteiger partial charge in [0.1, 0.15) is 16.2 Å². The number of hydrogen-bond donors (Lipinski definition) is 0. The first-order valence-corrected chi connectivity index (χ1v) is 8.16. The van der Waals surface area contributed by atoms with Gasteiger partial charge >= 0.3 is 0 Å². The molecule has 0 aliphatic heterocycles. The maximum absolute atomic E-state index is 6.17. The van der Waals surface area contributed by atoms with Gasteiger partial charge in [-0.15, -0.1) is 21.5 Å². The van der Waals surface area contributed by atoms with Crippen LogP contribution in [0.4, 0.5) is 5.82 Å². The summed E-state index contributed by atoms with van der Waals surface area (Å²) in [5.41, 5.74) is 3.58. The van der Waals surface area contributed by atoms with Crippen LogP contribution in [0.25, 0.3) is 20.4 Å². The molecule has 0 spiro atoms. The Morgan fingerprint density at radius 2 is 1.86 bits per heavy atom. The van der Waals surface area contributed by atoms with Crippen LogP contribution in [-0.4, -0.2) is 34.5 Å². The Labute approximate surface area is 130 Å². The van der Waals surface area contributed by atoms with Crippen molar-refractivity contribution in [3.8, 4) is 0 Å². The molecule has 0 unspecified atom stereocenters. The lowest BCUT2D eigenvalue weighted by molar-refractivity contribution is 0.686. The monoisotopic (exact) mass is 319 g/mol. The van der Waals surface area contributed by atoms with Crippen molar-refractivity contribution in [3.63, 3.8) is 0 Å². The largest absolute Gasteiger partial charge is 0.362 e. The summed E-state index contributed by atoms with van der Waals surface area (Å²) < 4.78 is 0.887. The van der Waals surface area contributed by atoms with Crippen molar-refractivity contribution in [1.82, 2.24) is 20.4 Å². The minimum Gasteiger partial charge on any atom is -0.362 e. The second-order valence-electron chi connectivity index (χ2n) is 5.53. The molecule has 0 atom stereocenters. The number of aromatic nitrogens is 4. The van der Waals surface area contributed by atoms with Crippen molar-refractivity contribution in [1.29, 1.82) is 0 Å². The van der Waals surface area contributed by atoms with E-state index in [9.17, 15) is 0 Å². The molecule has 3 heterocycles. The number of rotatable bonds is 1. The molecule has 0 amide bonds. The molecule has 108 valence electrons. The van der Waals surface area contributed by atoms with E-state index in [1.54, 1.807) is 11.3 Å². The number of hydrogen-bond acceptors (Lipinski definition) is 6. The summed E-state index contributed by atoms with van der Waals surface area (Å²) in [4.78, 5) is 7.94. The Morgan fingerprint density at radius 1 is 1.10 bits per heavy atom. The molecule has 4 rings (SSSR count). The van der Waals surface area contributed by atoms with Crippen molar-refractivity contribution in [2.45, 2.75) is 25.7 Å². The van der Waals surface area contributed by atoms with E-state index in [0.29, 0.717) is 5.15 Å². The molecular weight excluding hydrogens is 306 g/mol. The lowest BCUT2D eigenvalue weighted by Crippen LogP contribution is -2.16. The van der Waals surface area contributed by atoms with Gasteiger partial charge < -0.3 is 4.90 Å². The van der Waals surface area contributed by atoms with E-state index < -0.39 is 0 Å². The molecule has 1 aliphatic carbocycles. The predicted octanol–water partition coefficient (Wildman–Crippen LogP) is 3.23. The third-order valence-electron chi connectivity index (χ3n) is 4.00. The molecule has 0 aromatic carbocycles. The zero-order valence-corrected chi connectivity index (χ0v) is 13.4. The zero-order valence-electron chi connectivity index (χ0n) is 11.9. The fourth-order valence-corrected chi connectivity index (χ4v) is 4.36. The standard InChI is InChI=1S/C14H14ClN5S/c1-20(2)13-8-6-4-3-5-7(8)9-10-11(21-14(9)16-13)12(15)18-19-17-10/h3-6H2,1-2H3. The maximum atomic E-state index is 6.17. The van der Waals surface area contributed by atoms with Crippen LogP contribution in [0, 0.1) is 0 Å². The first-order valence-electron chi connectivity index (χ1n) is 6.97. The van der Waals surface area contributed by atoms with Crippen molar-refractivity contribution >= 4 is 49.2 Å². The maximum Gasteiger partial charge on any atom is 0.172 e. The average Bonchev–Trinajstić information content (AvgIpc) is 2.86. The van der Waals surface area contributed by atoms with E-state index >= 15 is 0 Å². The SMILES string of the molecule is CN(C)c1nc2sc3c(Cl)nnnc3c2c2c1CCCC2. The summed E-state index contributed by atoms with van der Waals surface area (Å²) >= 11 is 7.73. The van der Waals surface area contributed by atoms with E-state index in [2.05, 4.69) is 20.3 Å². The van der Waals surface area contributed by atoms with Crippen LogP contribution in [0.15, 0.2) is 0 Å². The fourth-order valence-electron chi connectivity index (χ4n) is 3.11. The smallest absolute Gasteiger partial charge is 0.172 e. The van der Waals surface area contributed by atoms with Crippen molar-refractivity contribution < 1.29 is 0 Å². The van der Waals surface area contributed by atoms with E-state index in [0.717, 1.165) is 39.1 Å². The van der Waals surface area contributed by atoms with Crippen molar-refractivity contribution in [3.05, 3.63) is 16.3 Å². The van der Waals surface area contributed by atoms with Crippen LogP contribution in [0.3, 0.4) is 0 Å². The number of thiophene rings is 1. The van der Waals surface area contributed by atoms with Gasteiger partial charge in [-0.2, -0.15) is 0 Å². The van der Waals surface area contributed by atoms with Gasteiger partial charge in [-0.05, 0) is 42.0 Å². The summed E-state index contributed by atoms with van der Waals surface area (Å²) in [5, 5.41) is 13.4. The van der Waals surface area contributed by atoms with Crippen LogP contribution in [0.5, 0.6) is 0 Å². The number of fused-ring (bicyclic) bond motifs is 5. The molecule has 0 bridgehead atoms. The molecule has 0 N–H and O–H groups in total. The van der Waals surface area contributed by atoms with Gasteiger partial charge in [-0.3, -0.25) is 0 Å². The lowest BCUT2D eigenvalue weighted by atomic mass is 9.90. The first-order chi connectivity index (χ1) is 10.2. The van der Waals surface area contributed by atoms with Crippen LogP contribution >= 0.6 is 22.9 Å². The van der Waals surface area contributed by atoms with Crippen LogP contribution in [0.2, 0.25) is 5.15 Å². The van der Waals surface area contributed by atoms with Crippen LogP contribution < -0.4 is 4.90 Å². The topological polar surface area (TPSA) is 54.8 Å². The van der Waals surface area contributed by atoms with Crippen molar-refractivity contribution in [2.75, 3.05) is 19.0 Å². The molecule has 0 radical (unpaired) electrons. The highest BCUT2D eigenvalue weighted by Gasteiger charge is 2.23. The highest BCUT2D eigenvalue weighted by molar-refractivity contribution is 7.26. The third kappa shape index (κ3) is 1.89. The van der Waals surface area contributed by atoms with E-state index in [1.807, 2.05) is 14.1 Å². The Hall–Kier alpha value is -1.53. The number of nitrogens with zero attached hydrogens (tertiary/aromatic N) is 5. The summed E-state index contributed by atoms with van der Waals surface area (Å²) in [6, 6.07) is 0. The number of pyridine rings is 1. The minimum absolute atomic E-state index is 0.416. The quantitative estimate of drug-likeness (QED) is 0.689. The van der Waals surface area contributed by atoms with Gasteiger partial charge in [-0.1, -0.05) is 11.6 Å². The Balaban J connectivity index is 2.18. The van der Waals surface area contributed by atoms with Crippen LogP contribution in [0.1, 0.15) is 24.0 Å². The highest BCUT2D eigenvalue weighted by atomic mass is 35.5. The molecule has 7 heteroatoms. The van der Waals surface area contributed by atoms with Gasteiger partial charge in [-0.25, -0.2) is 4.98 Å². The minimum atomic E-state index is 0.416. The van der Waals surface area contributed by atoms with Gasteiger partial charge in [0.05, 0.1) is 4.70 Å².